The molecule has 1 heterocycles. The summed E-state index contributed by atoms with van der Waals surface area (Å²) in [5.74, 6) is -1.50. The summed E-state index contributed by atoms with van der Waals surface area (Å²) in [5, 5.41) is 33.9. The molecule has 0 aromatic heterocycles. The number of hydrogen-bond donors (Lipinski definition) is 3. The Morgan fingerprint density at radius 3 is 2.62 bits per heavy atom. The van der Waals surface area contributed by atoms with Crippen molar-refractivity contribution in [3.63, 3.8) is 0 Å². The van der Waals surface area contributed by atoms with Crippen molar-refractivity contribution < 1.29 is 34.4 Å². The Morgan fingerprint density at radius 1 is 1.38 bits per heavy atom. The molecule has 29 heavy (non-hydrogen) atoms. The highest BCUT2D eigenvalue weighted by Gasteiger charge is 2.70. The van der Waals surface area contributed by atoms with E-state index in [1.807, 2.05) is 20.8 Å². The summed E-state index contributed by atoms with van der Waals surface area (Å²) in [6, 6.07) is 0. The summed E-state index contributed by atoms with van der Waals surface area (Å²) in [6.45, 7) is 7.14. The van der Waals surface area contributed by atoms with Crippen LogP contribution in [0.4, 0.5) is 0 Å². The standard InChI is InChI=1S/C22H34O7/c1-13-9-16(29-14(2)24)19-20(3,4)7-6-17(25)21(19,12-23)22(13,27)8-5-15-10-18(26)28-11-15/h10,13,16-17,19,23,25,27H,5-9,11-12H2,1-4H3. The van der Waals surface area contributed by atoms with Gasteiger partial charge in [-0.1, -0.05) is 20.8 Å². The minimum absolute atomic E-state index is 0.211. The number of hydrogen-bond acceptors (Lipinski definition) is 7. The van der Waals surface area contributed by atoms with Crippen molar-refractivity contribution in [1.29, 1.82) is 0 Å². The average Bonchev–Trinajstić information content (AvgIpc) is 3.05. The molecule has 0 spiro atoms. The van der Waals surface area contributed by atoms with E-state index in [-0.39, 0.29) is 30.3 Å². The lowest BCUT2D eigenvalue weighted by Crippen LogP contribution is -2.73. The number of ether oxygens (including phenoxy) is 2. The quantitative estimate of drug-likeness (QED) is 0.592. The zero-order valence-electron chi connectivity index (χ0n) is 17.8. The number of fused-ring (bicyclic) bond motifs is 1. The first-order valence-corrected chi connectivity index (χ1v) is 10.5. The van der Waals surface area contributed by atoms with Crippen LogP contribution in [-0.4, -0.2) is 58.3 Å². The van der Waals surface area contributed by atoms with Gasteiger partial charge in [-0.15, -0.1) is 0 Å². The molecular formula is C22H34O7. The Bertz CT molecular complexity index is 699. The minimum atomic E-state index is -1.38. The van der Waals surface area contributed by atoms with Crippen LogP contribution in [0.25, 0.3) is 0 Å². The highest BCUT2D eigenvalue weighted by molar-refractivity contribution is 5.85. The van der Waals surface area contributed by atoms with Crippen LogP contribution >= 0.6 is 0 Å². The zero-order chi connectivity index (χ0) is 21.6. The Labute approximate surface area is 172 Å². The number of rotatable bonds is 5. The van der Waals surface area contributed by atoms with Gasteiger partial charge in [-0.25, -0.2) is 4.79 Å². The summed E-state index contributed by atoms with van der Waals surface area (Å²) in [7, 11) is 0. The van der Waals surface area contributed by atoms with Gasteiger partial charge >= 0.3 is 11.9 Å². The maximum absolute atomic E-state index is 12.1. The Morgan fingerprint density at radius 2 is 2.07 bits per heavy atom. The second-order valence-corrected chi connectivity index (χ2v) is 9.84. The lowest BCUT2D eigenvalue weighted by atomic mass is 9.42. The minimum Gasteiger partial charge on any atom is -0.462 e. The lowest BCUT2D eigenvalue weighted by Gasteiger charge is -2.66. The number of carbonyl (C=O) groups is 2. The van der Waals surface area contributed by atoms with Gasteiger partial charge in [-0.3, -0.25) is 4.79 Å². The Hall–Kier alpha value is -1.44. The molecule has 1 aliphatic heterocycles. The van der Waals surface area contributed by atoms with E-state index < -0.39 is 41.7 Å². The molecule has 6 unspecified atom stereocenters. The van der Waals surface area contributed by atoms with Crippen LogP contribution in [0.5, 0.6) is 0 Å². The highest BCUT2D eigenvalue weighted by Crippen LogP contribution is 2.64. The van der Waals surface area contributed by atoms with Crippen LogP contribution in [0.3, 0.4) is 0 Å². The molecule has 7 heteroatoms. The lowest BCUT2D eigenvalue weighted by molar-refractivity contribution is -0.298. The maximum Gasteiger partial charge on any atom is 0.331 e. The topological polar surface area (TPSA) is 113 Å². The Balaban J connectivity index is 2.04. The first-order chi connectivity index (χ1) is 13.5. The molecule has 3 aliphatic rings. The fraction of sp³-hybridized carbons (Fsp3) is 0.818. The second kappa shape index (κ2) is 7.67. The first kappa shape index (κ1) is 22.2. The predicted octanol–water partition coefficient (Wildman–Crippen LogP) is 1.73. The molecule has 2 aliphatic carbocycles. The number of cyclic esters (lactones) is 1. The number of aliphatic hydroxyl groups is 3. The molecule has 0 amide bonds. The summed E-state index contributed by atoms with van der Waals surface area (Å²) >= 11 is 0. The first-order valence-electron chi connectivity index (χ1n) is 10.5. The summed E-state index contributed by atoms with van der Waals surface area (Å²) in [4.78, 5) is 23.2. The van der Waals surface area contributed by atoms with Crippen LogP contribution < -0.4 is 0 Å². The second-order valence-electron chi connectivity index (χ2n) is 9.84. The van der Waals surface area contributed by atoms with Gasteiger partial charge in [0, 0.05) is 18.9 Å². The van der Waals surface area contributed by atoms with Gasteiger partial charge in [-0.2, -0.15) is 0 Å². The van der Waals surface area contributed by atoms with Gasteiger partial charge in [0.1, 0.15) is 12.7 Å². The van der Waals surface area contributed by atoms with E-state index in [4.69, 9.17) is 9.47 Å². The van der Waals surface area contributed by atoms with Crippen LogP contribution in [0.1, 0.15) is 59.8 Å². The van der Waals surface area contributed by atoms with Gasteiger partial charge in [0.25, 0.3) is 0 Å². The third kappa shape index (κ3) is 3.51. The van der Waals surface area contributed by atoms with Gasteiger partial charge in [0.15, 0.2) is 0 Å². The maximum atomic E-state index is 12.1. The van der Waals surface area contributed by atoms with E-state index in [9.17, 15) is 24.9 Å². The van der Waals surface area contributed by atoms with Crippen molar-refractivity contribution in [2.45, 2.75) is 77.6 Å². The SMILES string of the molecule is CC(=O)OC1CC(C)C(O)(CCC2=CC(=O)OC2)C2(CO)C(O)CCC(C)(C)C12. The third-order valence-electron chi connectivity index (χ3n) is 7.76. The summed E-state index contributed by atoms with van der Waals surface area (Å²) in [6.07, 6.45) is 2.37. The van der Waals surface area contributed by atoms with E-state index in [1.54, 1.807) is 0 Å². The monoisotopic (exact) mass is 410 g/mol. The smallest absolute Gasteiger partial charge is 0.331 e. The molecule has 6 atom stereocenters. The summed E-state index contributed by atoms with van der Waals surface area (Å²) < 4.78 is 10.6. The molecule has 7 nitrogen and oxygen atoms in total. The van der Waals surface area contributed by atoms with Crippen LogP contribution in [0, 0.1) is 22.7 Å². The fourth-order valence-corrected chi connectivity index (χ4v) is 6.42. The van der Waals surface area contributed by atoms with E-state index >= 15 is 0 Å². The molecule has 0 aromatic rings. The molecule has 0 aromatic carbocycles. The zero-order valence-corrected chi connectivity index (χ0v) is 17.8. The van der Waals surface area contributed by atoms with Gasteiger partial charge in [-0.05, 0) is 49.0 Å². The molecule has 0 bridgehead atoms. The molecular weight excluding hydrogens is 376 g/mol. The number of aliphatic hydroxyl groups excluding tert-OH is 2. The van der Waals surface area contributed by atoms with E-state index in [2.05, 4.69) is 0 Å². The fourth-order valence-electron chi connectivity index (χ4n) is 6.42. The predicted molar refractivity (Wildman–Crippen MR) is 105 cm³/mol. The van der Waals surface area contributed by atoms with Crippen molar-refractivity contribution >= 4 is 11.9 Å². The molecule has 164 valence electrons. The molecule has 0 saturated heterocycles. The molecule has 3 rings (SSSR count). The van der Waals surface area contributed by atoms with Crippen molar-refractivity contribution in [1.82, 2.24) is 0 Å². The van der Waals surface area contributed by atoms with Crippen LogP contribution in [-0.2, 0) is 19.1 Å². The number of esters is 2. The normalized spacial score (nSPS) is 41.3. The van der Waals surface area contributed by atoms with Crippen LogP contribution in [0.15, 0.2) is 11.6 Å². The van der Waals surface area contributed by atoms with Crippen molar-refractivity contribution in [3.05, 3.63) is 11.6 Å². The molecule has 3 N–H and O–H groups in total. The van der Waals surface area contributed by atoms with Crippen molar-refractivity contribution in [3.8, 4) is 0 Å². The van der Waals surface area contributed by atoms with Gasteiger partial charge < -0.3 is 24.8 Å². The van der Waals surface area contributed by atoms with E-state index in [0.29, 0.717) is 25.7 Å². The molecule has 2 fully saturated rings. The van der Waals surface area contributed by atoms with Crippen molar-refractivity contribution in [2.75, 3.05) is 13.2 Å². The van der Waals surface area contributed by atoms with Gasteiger partial charge in [0.05, 0.1) is 23.7 Å². The van der Waals surface area contributed by atoms with Crippen LogP contribution in [0.2, 0.25) is 0 Å². The van der Waals surface area contributed by atoms with Crippen molar-refractivity contribution in [2.24, 2.45) is 22.7 Å². The summed E-state index contributed by atoms with van der Waals surface area (Å²) in [5.41, 5.74) is -2.16. The molecule has 2 saturated carbocycles. The largest absolute Gasteiger partial charge is 0.462 e. The third-order valence-corrected chi connectivity index (χ3v) is 7.76. The van der Waals surface area contributed by atoms with E-state index in [0.717, 1.165) is 5.57 Å². The highest BCUT2D eigenvalue weighted by atomic mass is 16.5. The average molecular weight is 411 g/mol. The number of carbonyl (C=O) groups excluding carboxylic acids is 2. The van der Waals surface area contributed by atoms with Gasteiger partial charge in [0.2, 0.25) is 0 Å². The molecule has 0 radical (unpaired) electrons. The Kier molecular flexibility index (Phi) is 5.89. The van der Waals surface area contributed by atoms with E-state index in [1.165, 1.54) is 13.0 Å².